The largest absolute Gasteiger partial charge is 0.465 e. The lowest BCUT2D eigenvalue weighted by atomic mass is 10.1. The third-order valence-electron chi connectivity index (χ3n) is 2.87. The summed E-state index contributed by atoms with van der Waals surface area (Å²) in [5.41, 5.74) is -0.621. The van der Waals surface area contributed by atoms with Gasteiger partial charge in [0.1, 0.15) is 5.60 Å². The molecule has 0 spiro atoms. The van der Waals surface area contributed by atoms with E-state index in [9.17, 15) is 14.7 Å². The van der Waals surface area contributed by atoms with Gasteiger partial charge in [0.05, 0.1) is 12.1 Å². The first kappa shape index (κ1) is 15.6. The van der Waals surface area contributed by atoms with Crippen molar-refractivity contribution in [2.24, 2.45) is 0 Å². The highest BCUT2D eigenvalue weighted by Crippen LogP contribution is 2.18. The van der Waals surface area contributed by atoms with E-state index in [1.807, 2.05) is 0 Å². The van der Waals surface area contributed by atoms with Gasteiger partial charge in [-0.1, -0.05) is 0 Å². The number of nitrogens with zero attached hydrogens (tertiary/aromatic N) is 2. The molecule has 110 valence electrons. The predicted molar refractivity (Wildman–Crippen MR) is 68.0 cm³/mol. The van der Waals surface area contributed by atoms with E-state index >= 15 is 0 Å². The molecule has 1 saturated heterocycles. The number of carbonyl (C=O) groups is 2. The molecule has 0 bridgehead atoms. The van der Waals surface area contributed by atoms with Crippen LogP contribution in [0.15, 0.2) is 0 Å². The molecule has 0 aromatic carbocycles. The van der Waals surface area contributed by atoms with Crippen LogP contribution in [0.2, 0.25) is 0 Å². The zero-order chi connectivity index (χ0) is 14.8. The summed E-state index contributed by atoms with van der Waals surface area (Å²) in [6.45, 7) is 7.34. The molecule has 2 atom stereocenters. The van der Waals surface area contributed by atoms with Crippen molar-refractivity contribution >= 4 is 12.2 Å². The lowest BCUT2D eigenvalue weighted by Gasteiger charge is -2.41. The minimum Gasteiger partial charge on any atom is -0.465 e. The molecule has 0 radical (unpaired) electrons. The topological polar surface area (TPSA) is 90.3 Å². The fourth-order valence-electron chi connectivity index (χ4n) is 1.94. The second-order valence-electron chi connectivity index (χ2n) is 5.71. The van der Waals surface area contributed by atoms with Crippen molar-refractivity contribution in [3.63, 3.8) is 0 Å². The van der Waals surface area contributed by atoms with Gasteiger partial charge < -0.3 is 19.8 Å². The molecule has 0 aliphatic carbocycles. The molecule has 1 fully saturated rings. The zero-order valence-corrected chi connectivity index (χ0v) is 11.8. The molecular weight excluding hydrogens is 252 g/mol. The fourth-order valence-corrected chi connectivity index (χ4v) is 1.94. The summed E-state index contributed by atoms with van der Waals surface area (Å²) in [5.74, 6) is 0. The third-order valence-corrected chi connectivity index (χ3v) is 2.87. The standard InChI is InChI=1S/C12H22N2O5/c1-8(15)9-7-13(10(16)17)5-6-14(9)11(18)19-12(2,3)4/h8-9,15H,5-7H2,1-4H3,(H,16,17). The van der Waals surface area contributed by atoms with Gasteiger partial charge >= 0.3 is 12.2 Å². The minimum atomic E-state index is -1.05. The van der Waals surface area contributed by atoms with E-state index in [0.717, 1.165) is 0 Å². The number of carbonyl (C=O) groups excluding carboxylic acids is 1. The van der Waals surface area contributed by atoms with Crippen molar-refractivity contribution in [1.82, 2.24) is 9.80 Å². The first-order valence-corrected chi connectivity index (χ1v) is 6.27. The summed E-state index contributed by atoms with van der Waals surface area (Å²) in [4.78, 5) is 25.6. The first-order valence-electron chi connectivity index (χ1n) is 6.27. The van der Waals surface area contributed by atoms with Gasteiger partial charge in [-0.05, 0) is 27.7 Å². The molecule has 0 saturated carbocycles. The SMILES string of the molecule is CC(O)C1CN(C(=O)O)CCN1C(=O)OC(C)(C)C. The average Bonchev–Trinajstić information content (AvgIpc) is 2.25. The fraction of sp³-hybridized carbons (Fsp3) is 0.833. The van der Waals surface area contributed by atoms with Crippen molar-refractivity contribution in [3.05, 3.63) is 0 Å². The van der Waals surface area contributed by atoms with Gasteiger partial charge in [0.15, 0.2) is 0 Å². The van der Waals surface area contributed by atoms with Gasteiger partial charge in [0, 0.05) is 19.6 Å². The van der Waals surface area contributed by atoms with Crippen molar-refractivity contribution in [2.45, 2.75) is 45.4 Å². The Balaban J connectivity index is 2.77. The number of aliphatic hydroxyl groups is 1. The van der Waals surface area contributed by atoms with E-state index < -0.39 is 29.9 Å². The quantitative estimate of drug-likeness (QED) is 0.743. The van der Waals surface area contributed by atoms with Crippen LogP contribution in [0.5, 0.6) is 0 Å². The Bertz CT molecular complexity index is 351. The average molecular weight is 274 g/mol. The normalized spacial score (nSPS) is 22.1. The summed E-state index contributed by atoms with van der Waals surface area (Å²) < 4.78 is 5.26. The lowest BCUT2D eigenvalue weighted by molar-refractivity contribution is -0.0253. The highest BCUT2D eigenvalue weighted by molar-refractivity contribution is 5.70. The summed E-state index contributed by atoms with van der Waals surface area (Å²) in [6, 6.07) is -0.584. The number of carboxylic acid groups (broad SMARTS) is 1. The number of aliphatic hydroxyl groups excluding tert-OH is 1. The van der Waals surface area contributed by atoms with Gasteiger partial charge in [-0.3, -0.25) is 4.90 Å². The number of ether oxygens (including phenoxy) is 1. The Labute approximate surface area is 112 Å². The highest BCUT2D eigenvalue weighted by atomic mass is 16.6. The maximum absolute atomic E-state index is 12.0. The van der Waals surface area contributed by atoms with Crippen molar-refractivity contribution in [1.29, 1.82) is 0 Å². The maximum atomic E-state index is 12.0. The molecule has 7 nitrogen and oxygen atoms in total. The van der Waals surface area contributed by atoms with Gasteiger partial charge in [-0.2, -0.15) is 0 Å². The summed E-state index contributed by atoms with van der Waals surface area (Å²) in [6.07, 6.45) is -2.40. The van der Waals surface area contributed by atoms with Crippen LogP contribution >= 0.6 is 0 Å². The Hall–Kier alpha value is -1.50. The van der Waals surface area contributed by atoms with E-state index in [-0.39, 0.29) is 19.6 Å². The van der Waals surface area contributed by atoms with Crippen molar-refractivity contribution in [2.75, 3.05) is 19.6 Å². The van der Waals surface area contributed by atoms with E-state index in [1.54, 1.807) is 20.8 Å². The van der Waals surface area contributed by atoms with Crippen LogP contribution in [-0.2, 0) is 4.74 Å². The van der Waals surface area contributed by atoms with Crippen molar-refractivity contribution < 1.29 is 24.5 Å². The van der Waals surface area contributed by atoms with Crippen LogP contribution in [0, 0.1) is 0 Å². The number of hydrogen-bond donors (Lipinski definition) is 2. The van der Waals surface area contributed by atoms with Crippen LogP contribution < -0.4 is 0 Å². The molecule has 1 rings (SSSR count). The van der Waals surface area contributed by atoms with Crippen LogP contribution in [-0.4, -0.2) is 69.6 Å². The van der Waals surface area contributed by atoms with Crippen LogP contribution in [0.25, 0.3) is 0 Å². The van der Waals surface area contributed by atoms with Gasteiger partial charge in [0.2, 0.25) is 0 Å². The summed E-state index contributed by atoms with van der Waals surface area (Å²) in [7, 11) is 0. The maximum Gasteiger partial charge on any atom is 0.410 e. The molecule has 1 heterocycles. The molecule has 2 N–H and O–H groups in total. The second-order valence-corrected chi connectivity index (χ2v) is 5.71. The predicted octanol–water partition coefficient (Wildman–Crippen LogP) is 0.966. The van der Waals surface area contributed by atoms with Crippen LogP contribution in [0.4, 0.5) is 9.59 Å². The smallest absolute Gasteiger partial charge is 0.410 e. The van der Waals surface area contributed by atoms with E-state index in [4.69, 9.17) is 9.84 Å². The minimum absolute atomic E-state index is 0.0895. The third kappa shape index (κ3) is 4.27. The molecule has 0 aromatic rings. The molecule has 0 aromatic heterocycles. The Morgan fingerprint density at radius 2 is 1.89 bits per heavy atom. The highest BCUT2D eigenvalue weighted by Gasteiger charge is 2.37. The van der Waals surface area contributed by atoms with Crippen LogP contribution in [0.3, 0.4) is 0 Å². The monoisotopic (exact) mass is 274 g/mol. The number of rotatable bonds is 1. The molecule has 2 unspecified atom stereocenters. The van der Waals surface area contributed by atoms with Gasteiger partial charge in [-0.15, -0.1) is 0 Å². The number of hydrogen-bond acceptors (Lipinski definition) is 4. The molecule has 7 heteroatoms. The molecular formula is C12H22N2O5. The van der Waals surface area contributed by atoms with Gasteiger partial charge in [0.25, 0.3) is 0 Å². The molecule has 19 heavy (non-hydrogen) atoms. The number of piperazine rings is 1. The van der Waals surface area contributed by atoms with Gasteiger partial charge in [-0.25, -0.2) is 9.59 Å². The van der Waals surface area contributed by atoms with Crippen molar-refractivity contribution in [3.8, 4) is 0 Å². The van der Waals surface area contributed by atoms with E-state index in [1.165, 1.54) is 16.7 Å². The van der Waals surface area contributed by atoms with E-state index in [0.29, 0.717) is 0 Å². The molecule has 1 aliphatic rings. The summed E-state index contributed by atoms with van der Waals surface area (Å²) >= 11 is 0. The Morgan fingerprint density at radius 3 is 2.32 bits per heavy atom. The van der Waals surface area contributed by atoms with E-state index in [2.05, 4.69) is 0 Å². The lowest BCUT2D eigenvalue weighted by Crippen LogP contribution is -2.60. The summed E-state index contributed by atoms with van der Waals surface area (Å²) in [5, 5.41) is 18.7. The molecule has 2 amide bonds. The van der Waals surface area contributed by atoms with Crippen LogP contribution in [0.1, 0.15) is 27.7 Å². The Morgan fingerprint density at radius 1 is 1.32 bits per heavy atom. The zero-order valence-electron chi connectivity index (χ0n) is 11.8. The Kier molecular flexibility index (Phi) is 4.62. The molecule has 1 aliphatic heterocycles. The number of amides is 2. The first-order chi connectivity index (χ1) is 8.61. The second kappa shape index (κ2) is 5.64.